The lowest BCUT2D eigenvalue weighted by molar-refractivity contribution is 0.561. The summed E-state index contributed by atoms with van der Waals surface area (Å²) in [6.07, 6.45) is 3.29. The van der Waals surface area contributed by atoms with Crippen LogP contribution in [0.4, 0.5) is 0 Å². The Labute approximate surface area is 68.8 Å². The third kappa shape index (κ3) is 1.65. The molecule has 1 aromatic rings. The first kappa shape index (κ1) is 7.95. The molecule has 0 unspecified atom stereocenters. The predicted molar refractivity (Wildman–Crippen MR) is 41.0 cm³/mol. The summed E-state index contributed by atoms with van der Waals surface area (Å²) in [6, 6.07) is 4.25. The molecule has 0 bridgehead atoms. The van der Waals surface area contributed by atoms with Gasteiger partial charge < -0.3 is 0 Å². The van der Waals surface area contributed by atoms with E-state index in [4.69, 9.17) is 11.6 Å². The lowest BCUT2D eigenvalue weighted by Crippen LogP contribution is -1.85. The predicted octanol–water partition coefficient (Wildman–Crippen LogP) is 1.26. The van der Waals surface area contributed by atoms with Crippen molar-refractivity contribution in [3.8, 4) is 0 Å². The van der Waals surface area contributed by atoms with Crippen LogP contribution in [0.3, 0.4) is 0 Å². The van der Waals surface area contributed by atoms with Crippen molar-refractivity contribution >= 4 is 24.2 Å². The van der Waals surface area contributed by atoms with Crippen LogP contribution in [0.25, 0.3) is 0 Å². The summed E-state index contributed by atoms with van der Waals surface area (Å²) in [4.78, 5) is 20.2. The Balaban J connectivity index is 3.18. The summed E-state index contributed by atoms with van der Waals surface area (Å²) in [6.45, 7) is 0. The van der Waals surface area contributed by atoms with E-state index < -0.39 is 0 Å². The van der Waals surface area contributed by atoms with E-state index in [1.807, 2.05) is 0 Å². The molecule has 0 saturated heterocycles. The van der Waals surface area contributed by atoms with Gasteiger partial charge >= 0.3 is 0 Å². The quantitative estimate of drug-likeness (QED) is 0.663. The highest BCUT2D eigenvalue weighted by Crippen LogP contribution is 2.14. The maximum absolute atomic E-state index is 10.1. The van der Waals surface area contributed by atoms with E-state index in [1.165, 1.54) is 18.2 Å². The van der Waals surface area contributed by atoms with Gasteiger partial charge in [-0.2, -0.15) is 0 Å². The van der Waals surface area contributed by atoms with E-state index in [9.17, 15) is 9.59 Å². The summed E-state index contributed by atoms with van der Waals surface area (Å²) in [7, 11) is 0. The summed E-state index contributed by atoms with van der Waals surface area (Å²) < 4.78 is 0. The summed E-state index contributed by atoms with van der Waals surface area (Å²) >= 11 is 5.57. The van der Waals surface area contributed by atoms with Gasteiger partial charge in [0.2, 0.25) is 12.6 Å². The molecule has 0 aliphatic rings. The third-order valence-electron chi connectivity index (χ3n) is 1.20. The maximum Gasteiger partial charge on any atom is 0.235 e. The molecule has 54 valence electrons. The minimum Gasteiger partial charge on any atom is -0.285 e. The Morgan fingerprint density at radius 2 is 1.91 bits per heavy atom. The molecule has 0 spiro atoms. The van der Waals surface area contributed by atoms with Gasteiger partial charge in [0, 0.05) is 11.1 Å². The van der Waals surface area contributed by atoms with E-state index >= 15 is 0 Å². The Bertz CT molecular complexity index is 294. The van der Waals surface area contributed by atoms with Gasteiger partial charge in [0.25, 0.3) is 0 Å². The fourth-order valence-corrected chi connectivity index (χ4v) is 0.880. The zero-order valence-electron chi connectivity index (χ0n) is 5.43. The van der Waals surface area contributed by atoms with Gasteiger partial charge in [0.15, 0.2) is 0 Å². The van der Waals surface area contributed by atoms with Crippen LogP contribution in [-0.4, -0.2) is 12.6 Å². The van der Waals surface area contributed by atoms with Crippen molar-refractivity contribution in [3.63, 3.8) is 0 Å². The summed E-state index contributed by atoms with van der Waals surface area (Å²) in [5.41, 5.74) is 0.583. The average Bonchev–Trinajstić information content (AvgIpc) is 2.04. The standard InChI is InChI=1S/C8H3ClO2/c9-8-3-6(4-10)1-2-7(8)5-11/h1-3H. The molecule has 0 aliphatic carbocycles. The van der Waals surface area contributed by atoms with Crippen molar-refractivity contribution in [2.24, 2.45) is 0 Å². The maximum atomic E-state index is 10.1. The second-order valence-corrected chi connectivity index (χ2v) is 2.31. The third-order valence-corrected chi connectivity index (χ3v) is 1.51. The van der Waals surface area contributed by atoms with E-state index in [0.29, 0.717) is 5.56 Å². The fourth-order valence-electron chi connectivity index (χ4n) is 0.661. The van der Waals surface area contributed by atoms with Gasteiger partial charge in [-0.1, -0.05) is 17.7 Å². The van der Waals surface area contributed by atoms with Crippen LogP contribution in [0.5, 0.6) is 0 Å². The van der Waals surface area contributed by atoms with Crippen molar-refractivity contribution in [2.45, 2.75) is 0 Å². The van der Waals surface area contributed by atoms with Crippen molar-refractivity contribution in [1.82, 2.24) is 0 Å². The molecule has 1 aromatic carbocycles. The highest BCUT2D eigenvalue weighted by molar-refractivity contribution is 6.33. The number of rotatable bonds is 2. The molecule has 0 aromatic heterocycles. The normalized spacial score (nSPS) is 9.18. The molecule has 0 atom stereocenters. The molecule has 0 amide bonds. The Kier molecular flexibility index (Phi) is 2.39. The molecular weight excluding hydrogens is 164 g/mol. The molecule has 2 radical (unpaired) electrons. The molecule has 11 heavy (non-hydrogen) atoms. The summed E-state index contributed by atoms with van der Waals surface area (Å²) in [5.74, 6) is 0. The topological polar surface area (TPSA) is 34.1 Å². The molecule has 0 aliphatic heterocycles. The molecule has 3 heteroatoms. The number of hydrogen-bond acceptors (Lipinski definition) is 2. The first-order valence-corrected chi connectivity index (χ1v) is 3.21. The minimum atomic E-state index is 0.223. The smallest absolute Gasteiger partial charge is 0.235 e. The molecule has 2 nitrogen and oxygen atoms in total. The van der Waals surface area contributed by atoms with Crippen molar-refractivity contribution < 1.29 is 9.59 Å². The van der Waals surface area contributed by atoms with Crippen LogP contribution in [-0.2, 0) is 9.59 Å². The summed E-state index contributed by atoms with van der Waals surface area (Å²) in [5, 5.41) is 0.223. The molecule has 1 rings (SSSR count). The highest BCUT2D eigenvalue weighted by atomic mass is 35.5. The van der Waals surface area contributed by atoms with Crippen LogP contribution in [0.2, 0.25) is 5.02 Å². The van der Waals surface area contributed by atoms with Crippen LogP contribution < -0.4 is 0 Å². The largest absolute Gasteiger partial charge is 0.285 e. The van der Waals surface area contributed by atoms with E-state index in [-0.39, 0.29) is 10.6 Å². The van der Waals surface area contributed by atoms with Crippen molar-refractivity contribution in [2.75, 3.05) is 0 Å². The SMILES string of the molecule is O=[C]c1ccc([C]=O)c(Cl)c1. The second-order valence-electron chi connectivity index (χ2n) is 1.90. The minimum absolute atomic E-state index is 0.223. The van der Waals surface area contributed by atoms with Gasteiger partial charge in [-0.3, -0.25) is 9.59 Å². The van der Waals surface area contributed by atoms with Gasteiger partial charge in [-0.15, -0.1) is 0 Å². The van der Waals surface area contributed by atoms with Crippen molar-refractivity contribution in [3.05, 3.63) is 34.3 Å². The Morgan fingerprint density at radius 3 is 2.36 bits per heavy atom. The average molecular weight is 167 g/mol. The van der Waals surface area contributed by atoms with Crippen LogP contribution in [0, 0.1) is 0 Å². The second kappa shape index (κ2) is 3.30. The van der Waals surface area contributed by atoms with Gasteiger partial charge in [-0.05, 0) is 12.1 Å². The molecular formula is C8H3ClO2. The monoisotopic (exact) mass is 166 g/mol. The van der Waals surface area contributed by atoms with E-state index in [1.54, 1.807) is 12.6 Å². The first-order valence-electron chi connectivity index (χ1n) is 2.84. The molecule has 0 N–H and O–H groups in total. The first-order chi connectivity index (χ1) is 5.27. The van der Waals surface area contributed by atoms with Crippen LogP contribution in [0.15, 0.2) is 18.2 Å². The van der Waals surface area contributed by atoms with E-state index in [2.05, 4.69) is 0 Å². The molecule has 0 saturated carbocycles. The highest BCUT2D eigenvalue weighted by Gasteiger charge is 2.00. The number of halogens is 1. The van der Waals surface area contributed by atoms with E-state index in [0.717, 1.165) is 0 Å². The number of hydrogen-bond donors (Lipinski definition) is 0. The zero-order valence-corrected chi connectivity index (χ0v) is 6.18. The Morgan fingerprint density at radius 1 is 1.18 bits per heavy atom. The Hall–Kier alpha value is -1.15. The van der Waals surface area contributed by atoms with Gasteiger partial charge in [0.05, 0.1) is 5.02 Å². The molecule has 0 fully saturated rings. The lowest BCUT2D eigenvalue weighted by Gasteiger charge is -1.93. The number of carbonyl (C=O) groups excluding carboxylic acids is 2. The lowest BCUT2D eigenvalue weighted by atomic mass is 10.2. The zero-order chi connectivity index (χ0) is 8.27. The van der Waals surface area contributed by atoms with Crippen LogP contribution >= 0.6 is 11.6 Å². The number of benzene rings is 1. The van der Waals surface area contributed by atoms with Crippen LogP contribution in [0.1, 0.15) is 11.1 Å². The van der Waals surface area contributed by atoms with Crippen molar-refractivity contribution in [1.29, 1.82) is 0 Å². The van der Waals surface area contributed by atoms with Gasteiger partial charge in [0.1, 0.15) is 0 Å². The van der Waals surface area contributed by atoms with Gasteiger partial charge in [-0.25, -0.2) is 0 Å². The fraction of sp³-hybridized carbons (Fsp3) is 0. The molecule has 0 heterocycles.